The molecule has 2 heterocycles. The van der Waals surface area contributed by atoms with Crippen LogP contribution < -0.4 is 16.0 Å². The van der Waals surface area contributed by atoms with E-state index in [1.165, 1.54) is 0 Å². The molecule has 0 saturated heterocycles. The van der Waals surface area contributed by atoms with E-state index in [0.717, 1.165) is 36.1 Å². The van der Waals surface area contributed by atoms with E-state index in [0.29, 0.717) is 30.9 Å². The minimum Gasteiger partial charge on any atom is -0.391 e. The highest BCUT2D eigenvalue weighted by Crippen LogP contribution is 2.17. The molecule has 0 spiro atoms. The van der Waals surface area contributed by atoms with Gasteiger partial charge in [0.2, 0.25) is 5.91 Å². The van der Waals surface area contributed by atoms with Crippen molar-refractivity contribution in [2.45, 2.75) is 65.0 Å². The van der Waals surface area contributed by atoms with Crippen LogP contribution >= 0.6 is 0 Å². The van der Waals surface area contributed by atoms with Gasteiger partial charge >= 0.3 is 0 Å². The number of carbonyl (C=O) groups is 2. The molecular formula is C28H38N4O3. The molecule has 35 heavy (non-hydrogen) atoms. The average molecular weight is 479 g/mol. The minimum atomic E-state index is -0.884. The van der Waals surface area contributed by atoms with Crippen LogP contribution in [-0.4, -0.2) is 47.1 Å². The summed E-state index contributed by atoms with van der Waals surface area (Å²) < 4.78 is 0. The van der Waals surface area contributed by atoms with Crippen LogP contribution in [0.1, 0.15) is 60.3 Å². The van der Waals surface area contributed by atoms with Crippen LogP contribution in [0.4, 0.5) is 5.82 Å². The second-order valence-corrected chi connectivity index (χ2v) is 9.39. The van der Waals surface area contributed by atoms with Crippen molar-refractivity contribution in [3.8, 4) is 0 Å². The van der Waals surface area contributed by atoms with Gasteiger partial charge in [0.15, 0.2) is 0 Å². The molecule has 3 rings (SSSR count). The molecule has 4 N–H and O–H groups in total. The first-order valence-corrected chi connectivity index (χ1v) is 12.6. The van der Waals surface area contributed by atoms with Gasteiger partial charge in [0.1, 0.15) is 5.82 Å². The van der Waals surface area contributed by atoms with Crippen molar-refractivity contribution in [2.24, 2.45) is 5.92 Å². The van der Waals surface area contributed by atoms with Crippen molar-refractivity contribution in [3.05, 3.63) is 70.9 Å². The number of amides is 2. The van der Waals surface area contributed by atoms with Crippen molar-refractivity contribution in [3.63, 3.8) is 0 Å². The topological polar surface area (TPSA) is 103 Å². The molecule has 1 aliphatic heterocycles. The fourth-order valence-electron chi connectivity index (χ4n) is 4.23. The first-order chi connectivity index (χ1) is 16.9. The van der Waals surface area contributed by atoms with Crippen LogP contribution in [0.25, 0.3) is 0 Å². The second kappa shape index (κ2) is 13.0. The van der Waals surface area contributed by atoms with Crippen LogP contribution in [0.2, 0.25) is 0 Å². The third kappa shape index (κ3) is 8.21. The molecule has 0 fully saturated rings. The van der Waals surface area contributed by atoms with E-state index < -0.39 is 12.1 Å². The van der Waals surface area contributed by atoms with Gasteiger partial charge in [-0.05, 0) is 55.9 Å². The van der Waals surface area contributed by atoms with Gasteiger partial charge < -0.3 is 21.1 Å². The first kappa shape index (κ1) is 26.4. The molecule has 7 nitrogen and oxygen atoms in total. The summed E-state index contributed by atoms with van der Waals surface area (Å²) in [5.41, 5.74) is 3.40. The number of aryl methyl sites for hydroxylation is 1. The van der Waals surface area contributed by atoms with E-state index >= 15 is 0 Å². The molecule has 188 valence electrons. The van der Waals surface area contributed by atoms with Gasteiger partial charge in [-0.15, -0.1) is 0 Å². The van der Waals surface area contributed by atoms with E-state index in [-0.39, 0.29) is 24.2 Å². The summed E-state index contributed by atoms with van der Waals surface area (Å²) in [7, 11) is 0. The lowest BCUT2D eigenvalue weighted by molar-refractivity contribution is -0.125. The number of unbranched alkanes of at least 4 members (excludes halogenated alkanes) is 1. The molecular weight excluding hydrogens is 440 g/mol. The van der Waals surface area contributed by atoms with E-state index in [2.05, 4.69) is 52.1 Å². The maximum Gasteiger partial charge on any atom is 0.251 e. The second-order valence-electron chi connectivity index (χ2n) is 9.39. The zero-order chi connectivity index (χ0) is 25.2. The number of benzene rings is 1. The molecule has 1 aromatic heterocycles. The van der Waals surface area contributed by atoms with E-state index in [1.54, 1.807) is 12.1 Å². The lowest BCUT2D eigenvalue weighted by atomic mass is 9.92. The zero-order valence-electron chi connectivity index (χ0n) is 21.0. The number of hydrogen-bond donors (Lipinski definition) is 4. The van der Waals surface area contributed by atoms with Crippen molar-refractivity contribution >= 4 is 17.6 Å². The quantitative estimate of drug-likeness (QED) is 0.360. The summed E-state index contributed by atoms with van der Waals surface area (Å²) in [4.78, 5) is 30.2. The number of anilines is 1. The monoisotopic (exact) mass is 478 g/mol. The minimum absolute atomic E-state index is 0.0739. The normalized spacial score (nSPS) is 18.7. The maximum atomic E-state index is 13.2. The highest BCUT2D eigenvalue weighted by molar-refractivity contribution is 5.95. The molecule has 0 radical (unpaired) electrons. The first-order valence-electron chi connectivity index (χ1n) is 12.6. The standard InChI is InChI=1S/C28H38N4O3/c1-4-5-12-30-27(34)19(2)14-25(33)24-17-22-11-8-10-21(16-22)9-6-7-13-29-26-18-23(28(35)32-24)15-20(3)31-26/h6-8,10-11,15-16,18-19,24-25,33H,4-5,9,12-14,17H2,1-3H3,(H,29,31)(H,30,34)(H,32,35)/b7-6-/t19-,24+,25+/m1/s1. The zero-order valence-corrected chi connectivity index (χ0v) is 21.0. The number of hydrogen-bond acceptors (Lipinski definition) is 5. The number of pyridine rings is 1. The van der Waals surface area contributed by atoms with Gasteiger partial charge in [0.25, 0.3) is 5.91 Å². The Morgan fingerprint density at radius 2 is 2.03 bits per heavy atom. The Morgan fingerprint density at radius 3 is 2.83 bits per heavy atom. The number of allylic oxidation sites excluding steroid dienone is 1. The van der Waals surface area contributed by atoms with Crippen LogP contribution in [0.3, 0.4) is 0 Å². The Hall–Kier alpha value is -3.19. The molecule has 3 atom stereocenters. The third-order valence-electron chi connectivity index (χ3n) is 6.24. The number of aliphatic hydroxyl groups excluding tert-OH is 1. The van der Waals surface area contributed by atoms with Crippen molar-refractivity contribution in [1.82, 2.24) is 15.6 Å². The van der Waals surface area contributed by atoms with E-state index in [4.69, 9.17) is 0 Å². The number of nitrogens with zero attached hydrogens (tertiary/aromatic N) is 1. The Bertz CT molecular complexity index is 1040. The van der Waals surface area contributed by atoms with E-state index in [1.807, 2.05) is 26.0 Å². The summed E-state index contributed by atoms with van der Waals surface area (Å²) in [6.07, 6.45) is 6.71. The predicted octanol–water partition coefficient (Wildman–Crippen LogP) is 3.56. The van der Waals surface area contributed by atoms with Crippen LogP contribution in [-0.2, 0) is 17.6 Å². The molecule has 0 saturated carbocycles. The molecule has 2 aromatic rings. The van der Waals surface area contributed by atoms with Crippen LogP contribution in [0, 0.1) is 12.8 Å². The lowest BCUT2D eigenvalue weighted by Gasteiger charge is -2.26. The lowest BCUT2D eigenvalue weighted by Crippen LogP contribution is -2.46. The van der Waals surface area contributed by atoms with Crippen molar-refractivity contribution in [2.75, 3.05) is 18.4 Å². The van der Waals surface area contributed by atoms with Gasteiger partial charge in [-0.1, -0.05) is 56.7 Å². The van der Waals surface area contributed by atoms with Gasteiger partial charge in [-0.25, -0.2) is 4.98 Å². The number of nitrogens with one attached hydrogen (secondary N) is 3. The van der Waals surface area contributed by atoms with Crippen molar-refractivity contribution < 1.29 is 14.7 Å². The largest absolute Gasteiger partial charge is 0.391 e. The van der Waals surface area contributed by atoms with Crippen LogP contribution in [0.5, 0.6) is 0 Å². The summed E-state index contributed by atoms with van der Waals surface area (Å²) in [5, 5.41) is 20.4. The SMILES string of the molecule is CCCCNC(=O)[C@H](C)C[C@H](O)[C@@H]1Cc2cccc(c2)C/C=C\CNc2cc(cc(C)n2)C(=O)N1. The summed E-state index contributed by atoms with van der Waals surface area (Å²) in [5.74, 6) is -0.0880. The molecule has 0 aliphatic carbocycles. The van der Waals surface area contributed by atoms with Crippen LogP contribution in [0.15, 0.2) is 48.6 Å². The highest BCUT2D eigenvalue weighted by Gasteiger charge is 2.27. The fourth-order valence-corrected chi connectivity index (χ4v) is 4.23. The summed E-state index contributed by atoms with van der Waals surface area (Å²) in [6, 6.07) is 11.1. The molecule has 4 bridgehead atoms. The number of carbonyl (C=O) groups excluding carboxylic acids is 2. The summed E-state index contributed by atoms with van der Waals surface area (Å²) >= 11 is 0. The van der Waals surface area contributed by atoms with Gasteiger partial charge in [0, 0.05) is 30.3 Å². The Kier molecular flexibility index (Phi) is 9.85. The predicted molar refractivity (Wildman–Crippen MR) is 139 cm³/mol. The van der Waals surface area contributed by atoms with Gasteiger partial charge in [-0.2, -0.15) is 0 Å². The highest BCUT2D eigenvalue weighted by atomic mass is 16.3. The number of rotatable bonds is 7. The molecule has 0 unspecified atom stereocenters. The number of aromatic nitrogens is 1. The fraction of sp³-hybridized carbons (Fsp3) is 0.464. The van der Waals surface area contributed by atoms with Gasteiger partial charge in [0.05, 0.1) is 12.1 Å². The van der Waals surface area contributed by atoms with E-state index in [9.17, 15) is 14.7 Å². The number of aliphatic hydroxyl groups is 1. The molecule has 1 aromatic carbocycles. The number of fused-ring (bicyclic) bond motifs is 4. The Labute approximate surface area is 208 Å². The Morgan fingerprint density at radius 1 is 1.23 bits per heavy atom. The van der Waals surface area contributed by atoms with Gasteiger partial charge in [-0.3, -0.25) is 9.59 Å². The summed E-state index contributed by atoms with van der Waals surface area (Å²) in [6.45, 7) is 6.98. The average Bonchev–Trinajstić information content (AvgIpc) is 2.83. The molecule has 7 heteroatoms. The van der Waals surface area contributed by atoms with Crippen molar-refractivity contribution in [1.29, 1.82) is 0 Å². The molecule has 2 amide bonds. The molecule has 1 aliphatic rings. The maximum absolute atomic E-state index is 13.2. The third-order valence-corrected chi connectivity index (χ3v) is 6.24. The Balaban J connectivity index is 1.84. The smallest absolute Gasteiger partial charge is 0.251 e.